The first-order valence-corrected chi connectivity index (χ1v) is 5.28. The molecule has 1 aromatic heterocycles. The molecule has 0 saturated heterocycles. The second-order valence-electron chi connectivity index (χ2n) is 3.39. The lowest BCUT2D eigenvalue weighted by atomic mass is 9.99. The van der Waals surface area contributed by atoms with E-state index in [2.05, 4.69) is 48.0 Å². The molecule has 0 bridgehead atoms. The van der Waals surface area contributed by atoms with Crippen molar-refractivity contribution in [2.75, 3.05) is 0 Å². The molecule has 2 aromatic rings. The summed E-state index contributed by atoms with van der Waals surface area (Å²) in [6.07, 6.45) is 1.77. The average Bonchev–Trinajstić information content (AvgIpc) is 2.57. The molecular weight excluding hydrogens is 240 g/mol. The third kappa shape index (κ3) is 1.62. The van der Waals surface area contributed by atoms with Gasteiger partial charge in [0.2, 0.25) is 0 Å². The molecule has 72 valence electrons. The second-order valence-corrected chi connectivity index (χ2v) is 4.17. The largest absolute Gasteiger partial charge is 0.457 e. The molecule has 0 radical (unpaired) electrons. The van der Waals surface area contributed by atoms with Crippen LogP contribution in [0.3, 0.4) is 0 Å². The minimum absolute atomic E-state index is 0.772. The van der Waals surface area contributed by atoms with Crippen molar-refractivity contribution in [1.82, 2.24) is 0 Å². The van der Waals surface area contributed by atoms with Crippen molar-refractivity contribution >= 4 is 15.9 Å². The van der Waals surface area contributed by atoms with Gasteiger partial charge in [-0.25, -0.2) is 0 Å². The fourth-order valence-electron chi connectivity index (χ4n) is 1.52. The van der Waals surface area contributed by atoms with Crippen LogP contribution in [0.1, 0.15) is 11.1 Å². The molecule has 2 heteroatoms. The van der Waals surface area contributed by atoms with Crippen molar-refractivity contribution in [3.8, 4) is 11.1 Å². The smallest absolute Gasteiger partial charge is 0.169 e. The number of hydrogen-bond acceptors (Lipinski definition) is 1. The zero-order valence-corrected chi connectivity index (χ0v) is 9.76. The molecular formula is C12H11BrO. The van der Waals surface area contributed by atoms with Crippen LogP contribution in [0.4, 0.5) is 0 Å². The van der Waals surface area contributed by atoms with E-state index in [1.54, 1.807) is 6.26 Å². The number of aryl methyl sites for hydroxylation is 1. The number of benzene rings is 1. The molecule has 0 saturated carbocycles. The summed E-state index contributed by atoms with van der Waals surface area (Å²) >= 11 is 3.31. The second kappa shape index (κ2) is 3.62. The normalized spacial score (nSPS) is 10.5. The first-order chi connectivity index (χ1) is 6.68. The molecule has 0 spiro atoms. The average molecular weight is 251 g/mol. The van der Waals surface area contributed by atoms with Gasteiger partial charge in [-0.15, -0.1) is 0 Å². The molecule has 0 aliphatic heterocycles. The van der Waals surface area contributed by atoms with E-state index in [0.29, 0.717) is 0 Å². The predicted octanol–water partition coefficient (Wildman–Crippen LogP) is 4.33. The lowest BCUT2D eigenvalue weighted by molar-refractivity contribution is 0.542. The van der Waals surface area contributed by atoms with Crippen LogP contribution in [0.25, 0.3) is 11.1 Å². The minimum Gasteiger partial charge on any atom is -0.457 e. The highest BCUT2D eigenvalue weighted by atomic mass is 79.9. The maximum atomic E-state index is 5.23. The van der Waals surface area contributed by atoms with Gasteiger partial charge >= 0.3 is 0 Å². The molecule has 1 heterocycles. The summed E-state index contributed by atoms with van der Waals surface area (Å²) in [7, 11) is 0. The zero-order valence-electron chi connectivity index (χ0n) is 8.17. The lowest BCUT2D eigenvalue weighted by Gasteiger charge is -2.05. The van der Waals surface area contributed by atoms with Crippen LogP contribution in [0, 0.1) is 13.8 Å². The number of rotatable bonds is 1. The van der Waals surface area contributed by atoms with E-state index in [9.17, 15) is 0 Å². The van der Waals surface area contributed by atoms with E-state index in [0.717, 1.165) is 10.2 Å². The van der Waals surface area contributed by atoms with Crippen molar-refractivity contribution in [1.29, 1.82) is 0 Å². The predicted molar refractivity (Wildman–Crippen MR) is 61.3 cm³/mol. The molecule has 0 amide bonds. The number of halogens is 1. The standard InChI is InChI=1S/C12H11BrO/c1-8-4-3-5-11(9(8)2)10-6-12(13)14-7-10/h3-7H,1-2H3. The molecule has 0 atom stereocenters. The molecule has 1 aromatic carbocycles. The Bertz CT molecular complexity index is 457. The molecule has 14 heavy (non-hydrogen) atoms. The summed E-state index contributed by atoms with van der Waals surface area (Å²) in [6, 6.07) is 8.29. The Balaban J connectivity index is 2.57. The van der Waals surface area contributed by atoms with E-state index in [-0.39, 0.29) is 0 Å². The highest BCUT2D eigenvalue weighted by Crippen LogP contribution is 2.28. The van der Waals surface area contributed by atoms with Crippen LogP contribution in [0.15, 0.2) is 39.6 Å². The first-order valence-electron chi connectivity index (χ1n) is 4.49. The fraction of sp³-hybridized carbons (Fsp3) is 0.167. The molecule has 0 fully saturated rings. The van der Waals surface area contributed by atoms with Gasteiger partial charge in [-0.1, -0.05) is 18.2 Å². The highest BCUT2D eigenvalue weighted by Gasteiger charge is 2.06. The van der Waals surface area contributed by atoms with Gasteiger partial charge < -0.3 is 4.42 Å². The third-order valence-electron chi connectivity index (χ3n) is 2.48. The Hall–Kier alpha value is -1.02. The monoisotopic (exact) mass is 250 g/mol. The van der Waals surface area contributed by atoms with Crippen LogP contribution in [0.2, 0.25) is 0 Å². The lowest BCUT2D eigenvalue weighted by Crippen LogP contribution is -1.84. The van der Waals surface area contributed by atoms with Crippen molar-refractivity contribution in [2.45, 2.75) is 13.8 Å². The van der Waals surface area contributed by atoms with Gasteiger partial charge in [0.15, 0.2) is 4.67 Å². The maximum Gasteiger partial charge on any atom is 0.169 e. The SMILES string of the molecule is Cc1cccc(-c2coc(Br)c2)c1C. The van der Waals surface area contributed by atoms with Crippen molar-refractivity contribution in [3.05, 3.63) is 46.3 Å². The van der Waals surface area contributed by atoms with Crippen LogP contribution in [-0.2, 0) is 0 Å². The summed E-state index contributed by atoms with van der Waals surface area (Å²) in [4.78, 5) is 0. The summed E-state index contributed by atoms with van der Waals surface area (Å²) in [5.74, 6) is 0. The summed E-state index contributed by atoms with van der Waals surface area (Å²) in [5.41, 5.74) is 4.97. The van der Waals surface area contributed by atoms with Gasteiger partial charge in [-0.05, 0) is 52.5 Å². The minimum atomic E-state index is 0.772. The number of furan rings is 1. The highest BCUT2D eigenvalue weighted by molar-refractivity contribution is 9.10. The Morgan fingerprint density at radius 1 is 1.21 bits per heavy atom. The van der Waals surface area contributed by atoms with Gasteiger partial charge in [0.25, 0.3) is 0 Å². The van der Waals surface area contributed by atoms with Gasteiger partial charge in [0.1, 0.15) is 0 Å². The molecule has 0 N–H and O–H groups in total. The summed E-state index contributed by atoms with van der Waals surface area (Å²) < 4.78 is 6.00. The Morgan fingerprint density at radius 2 is 2.00 bits per heavy atom. The van der Waals surface area contributed by atoms with Crippen LogP contribution in [0.5, 0.6) is 0 Å². The molecule has 1 nitrogen and oxygen atoms in total. The Labute approximate surface area is 91.9 Å². The molecule has 0 unspecified atom stereocenters. The zero-order chi connectivity index (χ0) is 10.1. The van der Waals surface area contributed by atoms with Crippen molar-refractivity contribution < 1.29 is 4.42 Å². The van der Waals surface area contributed by atoms with Crippen molar-refractivity contribution in [3.63, 3.8) is 0 Å². The van der Waals surface area contributed by atoms with Crippen molar-refractivity contribution in [2.24, 2.45) is 0 Å². The fourth-order valence-corrected chi connectivity index (χ4v) is 1.86. The quantitative estimate of drug-likeness (QED) is 0.735. The van der Waals surface area contributed by atoms with Crippen LogP contribution < -0.4 is 0 Å². The van der Waals surface area contributed by atoms with E-state index in [1.165, 1.54) is 16.7 Å². The molecule has 0 aliphatic rings. The Morgan fingerprint density at radius 3 is 2.64 bits per heavy atom. The van der Waals surface area contributed by atoms with Gasteiger partial charge in [0.05, 0.1) is 6.26 Å². The summed E-state index contributed by atoms with van der Waals surface area (Å²) in [5, 5.41) is 0. The third-order valence-corrected chi connectivity index (χ3v) is 2.90. The molecule has 0 aliphatic carbocycles. The van der Waals surface area contributed by atoms with E-state index in [1.807, 2.05) is 6.07 Å². The van der Waals surface area contributed by atoms with Gasteiger partial charge in [-0.3, -0.25) is 0 Å². The number of hydrogen-bond donors (Lipinski definition) is 0. The van der Waals surface area contributed by atoms with Crippen LogP contribution in [-0.4, -0.2) is 0 Å². The van der Waals surface area contributed by atoms with Gasteiger partial charge in [-0.2, -0.15) is 0 Å². The topological polar surface area (TPSA) is 13.1 Å². The van der Waals surface area contributed by atoms with E-state index >= 15 is 0 Å². The molecule has 2 rings (SSSR count). The Kier molecular flexibility index (Phi) is 2.46. The van der Waals surface area contributed by atoms with Crippen LogP contribution >= 0.6 is 15.9 Å². The van der Waals surface area contributed by atoms with Gasteiger partial charge in [0, 0.05) is 5.56 Å². The summed E-state index contributed by atoms with van der Waals surface area (Å²) in [6.45, 7) is 4.25. The first kappa shape index (κ1) is 9.53. The van der Waals surface area contributed by atoms with E-state index in [4.69, 9.17) is 4.42 Å². The van der Waals surface area contributed by atoms with E-state index < -0.39 is 0 Å². The maximum absolute atomic E-state index is 5.23.